The quantitative estimate of drug-likeness (QED) is 0.418. The van der Waals surface area contributed by atoms with Gasteiger partial charge in [0.2, 0.25) is 0 Å². The number of hydrogen-bond donors (Lipinski definition) is 0. The Morgan fingerprint density at radius 3 is 2.54 bits per heavy atom. The predicted molar refractivity (Wildman–Crippen MR) is 104 cm³/mol. The molecular formula is C21H23ClOSi. The highest BCUT2D eigenvalue weighted by Gasteiger charge is 2.36. The fourth-order valence-electron chi connectivity index (χ4n) is 3.25. The number of rotatable bonds is 2. The number of alkyl halides is 1. The Bertz CT molecular complexity index is 772. The number of carbonyl (C=O) groups excluding carboxylic acids is 1. The van der Waals surface area contributed by atoms with Crippen molar-refractivity contribution in [2.45, 2.75) is 44.3 Å². The second-order valence-corrected chi connectivity index (χ2v) is 13.0. The fraction of sp³-hybridized carbons (Fsp3) is 0.381. The molecule has 0 aliphatic heterocycles. The third-order valence-electron chi connectivity index (χ3n) is 4.42. The van der Waals surface area contributed by atoms with Crippen LogP contribution in [-0.4, -0.2) is 19.2 Å². The molecule has 0 radical (unpaired) electrons. The SMILES string of the molecule is C[Si](C)(C)C#CC1CC2=C(C=C(Cc3ccccc3)CC2Cl)C1=O. The molecule has 0 aromatic heterocycles. The van der Waals surface area contributed by atoms with Crippen molar-refractivity contribution in [3.05, 3.63) is 58.7 Å². The Kier molecular flexibility index (Phi) is 4.85. The van der Waals surface area contributed by atoms with Gasteiger partial charge >= 0.3 is 0 Å². The molecule has 1 aromatic carbocycles. The number of Topliss-reactive ketones (excluding diaryl/α,β-unsaturated/α-hetero) is 1. The van der Waals surface area contributed by atoms with E-state index >= 15 is 0 Å². The van der Waals surface area contributed by atoms with E-state index in [2.05, 4.69) is 49.3 Å². The molecule has 24 heavy (non-hydrogen) atoms. The molecule has 2 unspecified atom stereocenters. The molecule has 124 valence electrons. The summed E-state index contributed by atoms with van der Waals surface area (Å²) in [5.41, 5.74) is 7.79. The molecule has 2 aliphatic carbocycles. The van der Waals surface area contributed by atoms with Crippen molar-refractivity contribution in [1.82, 2.24) is 0 Å². The number of carbonyl (C=O) groups is 1. The van der Waals surface area contributed by atoms with Gasteiger partial charge in [0.1, 0.15) is 8.07 Å². The minimum absolute atomic E-state index is 0.0636. The molecule has 0 amide bonds. The van der Waals surface area contributed by atoms with Crippen molar-refractivity contribution in [3.8, 4) is 11.5 Å². The Morgan fingerprint density at radius 2 is 1.88 bits per heavy atom. The van der Waals surface area contributed by atoms with E-state index in [9.17, 15) is 4.79 Å². The maximum atomic E-state index is 12.8. The van der Waals surface area contributed by atoms with Crippen LogP contribution in [0.2, 0.25) is 19.6 Å². The Labute approximate surface area is 150 Å². The second kappa shape index (κ2) is 6.74. The third kappa shape index (κ3) is 3.91. The molecule has 2 atom stereocenters. The average molecular weight is 355 g/mol. The summed E-state index contributed by atoms with van der Waals surface area (Å²) in [7, 11) is -1.46. The minimum atomic E-state index is -1.46. The minimum Gasteiger partial charge on any atom is -0.293 e. The van der Waals surface area contributed by atoms with Crippen molar-refractivity contribution >= 4 is 25.5 Å². The standard InChI is InChI=1S/C21H23ClOSi/c1-24(2,3)10-9-17-14-18-19(21(17)23)12-16(13-20(18)22)11-15-7-5-4-6-8-15/h4-8,12,17,20H,11,13-14H2,1-3H3. The molecule has 1 aromatic rings. The highest BCUT2D eigenvalue weighted by Crippen LogP contribution is 2.40. The molecule has 0 N–H and O–H groups in total. The van der Waals surface area contributed by atoms with Gasteiger partial charge in [-0.25, -0.2) is 0 Å². The number of allylic oxidation sites excluding steroid dienone is 4. The Balaban J connectivity index is 1.82. The number of benzene rings is 1. The summed E-state index contributed by atoms with van der Waals surface area (Å²) in [6, 6.07) is 10.3. The van der Waals surface area contributed by atoms with Crippen molar-refractivity contribution in [1.29, 1.82) is 0 Å². The van der Waals surface area contributed by atoms with Gasteiger partial charge in [-0.05, 0) is 30.4 Å². The third-order valence-corrected chi connectivity index (χ3v) is 5.73. The molecule has 0 heterocycles. The Morgan fingerprint density at radius 1 is 1.17 bits per heavy atom. The molecule has 0 saturated carbocycles. The van der Waals surface area contributed by atoms with Crippen molar-refractivity contribution in [2.75, 3.05) is 0 Å². The molecule has 0 saturated heterocycles. The molecule has 0 fully saturated rings. The summed E-state index contributed by atoms with van der Waals surface area (Å²) in [5, 5.41) is -0.0636. The van der Waals surface area contributed by atoms with Crippen molar-refractivity contribution in [3.63, 3.8) is 0 Å². The predicted octanol–water partition coefficient (Wildman–Crippen LogP) is 4.93. The normalized spacial score (nSPS) is 23.5. The van der Waals surface area contributed by atoms with Crippen LogP contribution in [0, 0.1) is 17.4 Å². The molecule has 2 aliphatic rings. The van der Waals surface area contributed by atoms with Crippen LogP contribution in [-0.2, 0) is 11.2 Å². The van der Waals surface area contributed by atoms with Crippen LogP contribution in [0.25, 0.3) is 0 Å². The lowest BCUT2D eigenvalue weighted by Gasteiger charge is -2.20. The van der Waals surface area contributed by atoms with Crippen LogP contribution in [0.5, 0.6) is 0 Å². The first kappa shape index (κ1) is 17.3. The molecule has 1 nitrogen and oxygen atoms in total. The molecule has 3 heteroatoms. The van der Waals surface area contributed by atoms with E-state index in [0.29, 0.717) is 0 Å². The van der Waals surface area contributed by atoms with Crippen LogP contribution in [0.3, 0.4) is 0 Å². The largest absolute Gasteiger partial charge is 0.293 e. The fourth-order valence-corrected chi connectivity index (χ4v) is 4.26. The van der Waals surface area contributed by atoms with E-state index in [1.807, 2.05) is 18.2 Å². The first-order valence-corrected chi connectivity index (χ1v) is 12.4. The van der Waals surface area contributed by atoms with Crippen LogP contribution < -0.4 is 0 Å². The van der Waals surface area contributed by atoms with Gasteiger partial charge in [0.25, 0.3) is 0 Å². The van der Waals surface area contributed by atoms with E-state index < -0.39 is 8.07 Å². The number of hydrogen-bond acceptors (Lipinski definition) is 1. The van der Waals surface area contributed by atoms with Crippen LogP contribution in [0.4, 0.5) is 0 Å². The monoisotopic (exact) mass is 354 g/mol. The molecule has 3 rings (SSSR count). The second-order valence-electron chi connectivity index (χ2n) is 7.72. The summed E-state index contributed by atoms with van der Waals surface area (Å²) in [6.07, 6.45) is 4.49. The zero-order valence-electron chi connectivity index (χ0n) is 14.5. The summed E-state index contributed by atoms with van der Waals surface area (Å²) < 4.78 is 0. The summed E-state index contributed by atoms with van der Waals surface area (Å²) in [6.45, 7) is 6.61. The van der Waals surface area contributed by atoms with Gasteiger partial charge < -0.3 is 0 Å². The summed E-state index contributed by atoms with van der Waals surface area (Å²) in [4.78, 5) is 12.8. The van der Waals surface area contributed by atoms with E-state index in [1.165, 1.54) is 11.1 Å². The topological polar surface area (TPSA) is 17.1 Å². The van der Waals surface area contributed by atoms with Gasteiger partial charge in [-0.1, -0.05) is 67.5 Å². The number of halogens is 1. The zero-order valence-corrected chi connectivity index (χ0v) is 16.3. The maximum absolute atomic E-state index is 12.8. The van der Waals surface area contributed by atoms with Gasteiger partial charge in [0, 0.05) is 5.57 Å². The average Bonchev–Trinajstić information content (AvgIpc) is 2.83. The molecule has 0 spiro atoms. The van der Waals surface area contributed by atoms with Crippen molar-refractivity contribution in [2.24, 2.45) is 5.92 Å². The lowest BCUT2D eigenvalue weighted by molar-refractivity contribution is -0.116. The highest BCUT2D eigenvalue weighted by atomic mass is 35.5. The summed E-state index contributed by atoms with van der Waals surface area (Å²) >= 11 is 6.61. The van der Waals surface area contributed by atoms with Gasteiger partial charge in [-0.2, -0.15) is 0 Å². The van der Waals surface area contributed by atoms with Crippen LogP contribution >= 0.6 is 11.6 Å². The van der Waals surface area contributed by atoms with Crippen LogP contribution in [0.1, 0.15) is 18.4 Å². The van der Waals surface area contributed by atoms with Crippen molar-refractivity contribution < 1.29 is 4.79 Å². The van der Waals surface area contributed by atoms with E-state index in [0.717, 1.165) is 30.4 Å². The summed E-state index contributed by atoms with van der Waals surface area (Å²) in [5.74, 6) is 3.23. The smallest absolute Gasteiger partial charge is 0.178 e. The van der Waals surface area contributed by atoms with Crippen LogP contribution in [0.15, 0.2) is 53.1 Å². The number of ketones is 1. The van der Waals surface area contributed by atoms with Gasteiger partial charge in [0.15, 0.2) is 5.78 Å². The molecular weight excluding hydrogens is 332 g/mol. The first-order chi connectivity index (χ1) is 11.3. The van der Waals surface area contributed by atoms with Gasteiger partial charge in [-0.15, -0.1) is 17.1 Å². The maximum Gasteiger partial charge on any atom is 0.178 e. The van der Waals surface area contributed by atoms with Gasteiger partial charge in [0.05, 0.1) is 11.3 Å². The van der Waals surface area contributed by atoms with E-state index in [4.69, 9.17) is 11.6 Å². The lowest BCUT2D eigenvalue weighted by Crippen LogP contribution is -2.18. The van der Waals surface area contributed by atoms with Gasteiger partial charge in [-0.3, -0.25) is 4.79 Å². The first-order valence-electron chi connectivity index (χ1n) is 8.51. The molecule has 0 bridgehead atoms. The van der Waals surface area contributed by atoms with E-state index in [1.54, 1.807) is 0 Å². The lowest BCUT2D eigenvalue weighted by atomic mass is 9.90. The zero-order chi connectivity index (χ0) is 17.3. The Hall–Kier alpha value is -1.56. The highest BCUT2D eigenvalue weighted by molar-refractivity contribution is 6.83. The van der Waals surface area contributed by atoms with E-state index in [-0.39, 0.29) is 17.1 Å².